The third kappa shape index (κ3) is 5.00. The lowest BCUT2D eigenvalue weighted by Crippen LogP contribution is -2.44. The largest absolute Gasteiger partial charge is 0.394 e. The number of nitro groups is 1. The van der Waals surface area contributed by atoms with Crippen LogP contribution in [0.2, 0.25) is 0 Å². The summed E-state index contributed by atoms with van der Waals surface area (Å²) in [5, 5.41) is 46.2. The summed E-state index contributed by atoms with van der Waals surface area (Å²) in [6.07, 6.45) is -3.99. The molecule has 4 heterocycles. The minimum Gasteiger partial charge on any atom is -0.394 e. The highest BCUT2D eigenvalue weighted by atomic mass is 16.6. The zero-order valence-electron chi connectivity index (χ0n) is 20.8. The van der Waals surface area contributed by atoms with E-state index in [4.69, 9.17) is 10.5 Å². The van der Waals surface area contributed by atoms with Crippen molar-refractivity contribution in [3.63, 3.8) is 0 Å². The second-order valence-corrected chi connectivity index (χ2v) is 9.32. The van der Waals surface area contributed by atoms with Crippen molar-refractivity contribution < 1.29 is 25.0 Å². The van der Waals surface area contributed by atoms with E-state index in [1.54, 1.807) is 12.1 Å². The van der Waals surface area contributed by atoms with Gasteiger partial charge in [0, 0.05) is 37.8 Å². The number of H-pyrrole nitrogens is 1. The number of ether oxygens (including phenoxy) is 1. The number of aromatic amines is 1. The number of likely N-dealkylation sites (N-methyl/N-ethyl adjacent to an activating group) is 1. The topological polar surface area (TPSA) is 234 Å². The summed E-state index contributed by atoms with van der Waals surface area (Å²) in [5.41, 5.74) is 8.35. The number of benzene rings is 1. The van der Waals surface area contributed by atoms with Crippen LogP contribution in [0.3, 0.4) is 0 Å². The molecule has 0 aliphatic carbocycles. The predicted octanol–water partition coefficient (Wildman–Crippen LogP) is -1.58. The number of nitro benzene ring substituents is 1. The van der Waals surface area contributed by atoms with Gasteiger partial charge in [-0.15, -0.1) is 0 Å². The molecule has 2 aliphatic rings. The Labute approximate surface area is 220 Å². The van der Waals surface area contributed by atoms with Gasteiger partial charge in [-0.05, 0) is 13.1 Å². The number of imidazole rings is 1. The Kier molecular flexibility index (Phi) is 7.15. The summed E-state index contributed by atoms with van der Waals surface area (Å²) in [7, 11) is 2.00. The Hall–Kier alpha value is -4.16. The van der Waals surface area contributed by atoms with Gasteiger partial charge in [-0.3, -0.25) is 24.5 Å². The monoisotopic (exact) mass is 544 g/mol. The van der Waals surface area contributed by atoms with E-state index in [0.29, 0.717) is 24.3 Å². The molecular weight excluding hydrogens is 516 g/mol. The number of nitrogens with zero attached hydrogens (tertiary/aromatic N) is 7. The molecule has 39 heavy (non-hydrogen) atoms. The first-order valence-electron chi connectivity index (χ1n) is 12.1. The Balaban J connectivity index is 1.45. The molecule has 4 atom stereocenters. The lowest BCUT2D eigenvalue weighted by Gasteiger charge is -2.33. The highest BCUT2D eigenvalue weighted by molar-refractivity contribution is 5.84. The van der Waals surface area contributed by atoms with Gasteiger partial charge in [0.15, 0.2) is 17.4 Å². The molecule has 17 nitrogen and oxygen atoms in total. The molecule has 3 aromatic rings. The van der Waals surface area contributed by atoms with E-state index in [1.165, 1.54) is 16.8 Å². The summed E-state index contributed by atoms with van der Waals surface area (Å²) in [5.74, 6) is -0.313. The zero-order valence-corrected chi connectivity index (χ0v) is 20.8. The van der Waals surface area contributed by atoms with E-state index < -0.39 is 41.6 Å². The van der Waals surface area contributed by atoms with Gasteiger partial charge in [-0.1, -0.05) is 6.07 Å². The standard InChI is InChI=1S/C22H28N10O7/c1-29-4-6-30(7-5-29)12-3-2-11(8-13(12)32(37)38)9-24-28-22-25-15-18(26-21(23)27-19(15)36)31(22)20-17(35)16(34)14(10-33)39-20/h2-3,8-9,14,16-17,20,33-35H,4-7,10H2,1H3,(H,25,28)(H3,23,26,27,36)/b24-9-/t14-,16+,17+,20+/m0/s1. The van der Waals surface area contributed by atoms with Crippen molar-refractivity contribution >= 4 is 40.6 Å². The third-order valence-corrected chi connectivity index (χ3v) is 6.76. The van der Waals surface area contributed by atoms with Crippen LogP contribution >= 0.6 is 0 Å². The summed E-state index contributed by atoms with van der Waals surface area (Å²) < 4.78 is 6.79. The van der Waals surface area contributed by atoms with Crippen molar-refractivity contribution in [3.05, 3.63) is 44.2 Å². The molecule has 2 aromatic heterocycles. The molecule has 0 saturated carbocycles. The van der Waals surface area contributed by atoms with E-state index in [-0.39, 0.29) is 28.7 Å². The van der Waals surface area contributed by atoms with E-state index >= 15 is 0 Å². The number of aliphatic hydroxyl groups excluding tert-OH is 3. The fourth-order valence-corrected chi connectivity index (χ4v) is 4.66. The summed E-state index contributed by atoms with van der Waals surface area (Å²) in [4.78, 5) is 38.5. The van der Waals surface area contributed by atoms with Crippen LogP contribution in [-0.2, 0) is 4.74 Å². The molecule has 17 heteroatoms. The van der Waals surface area contributed by atoms with Crippen molar-refractivity contribution in [2.24, 2.45) is 5.10 Å². The average Bonchev–Trinajstić information content (AvgIpc) is 3.40. The number of aliphatic hydroxyl groups is 3. The van der Waals surface area contributed by atoms with Gasteiger partial charge in [0.1, 0.15) is 24.0 Å². The minimum atomic E-state index is -1.50. The number of fused-ring (bicyclic) bond motifs is 1. The molecular formula is C22H28N10O7. The van der Waals surface area contributed by atoms with Gasteiger partial charge < -0.3 is 35.6 Å². The Morgan fingerprint density at radius 2 is 2.03 bits per heavy atom. The SMILES string of the molecule is CN1CCN(c2ccc(/C=N\Nc3nc4c(=O)[nH]c(N)nc4n3[C@@H]3O[C@@H](CO)[C@@H](O)[C@H]3O)cc2[N+](=O)[O-])CC1. The molecule has 0 unspecified atom stereocenters. The Morgan fingerprint density at radius 3 is 2.69 bits per heavy atom. The van der Waals surface area contributed by atoms with Gasteiger partial charge in [0.05, 0.1) is 17.7 Å². The van der Waals surface area contributed by atoms with E-state index in [1.807, 2.05) is 11.9 Å². The van der Waals surface area contributed by atoms with Gasteiger partial charge in [0.2, 0.25) is 11.9 Å². The van der Waals surface area contributed by atoms with Crippen LogP contribution in [0.4, 0.5) is 23.3 Å². The van der Waals surface area contributed by atoms with Crippen LogP contribution in [0, 0.1) is 10.1 Å². The molecule has 0 radical (unpaired) electrons. The molecule has 1 aromatic carbocycles. The zero-order chi connectivity index (χ0) is 27.8. The molecule has 0 bridgehead atoms. The van der Waals surface area contributed by atoms with E-state index in [0.717, 1.165) is 13.1 Å². The number of nitrogens with one attached hydrogen (secondary N) is 2. The number of rotatable bonds is 7. The van der Waals surface area contributed by atoms with Crippen LogP contribution in [-0.4, -0.2) is 109 Å². The van der Waals surface area contributed by atoms with Crippen molar-refractivity contribution in [3.8, 4) is 0 Å². The number of nitrogen functional groups attached to an aromatic ring is 1. The molecule has 0 spiro atoms. The van der Waals surface area contributed by atoms with Crippen molar-refractivity contribution in [1.29, 1.82) is 0 Å². The fourth-order valence-electron chi connectivity index (χ4n) is 4.66. The number of hydrazone groups is 1. The van der Waals surface area contributed by atoms with Crippen molar-refractivity contribution in [2.45, 2.75) is 24.5 Å². The Morgan fingerprint density at radius 1 is 1.28 bits per heavy atom. The maximum Gasteiger partial charge on any atom is 0.293 e. The number of hydrogen-bond donors (Lipinski definition) is 6. The number of aromatic nitrogens is 4. The molecule has 2 aliphatic heterocycles. The number of hydrogen-bond acceptors (Lipinski definition) is 14. The van der Waals surface area contributed by atoms with E-state index in [9.17, 15) is 30.2 Å². The van der Waals surface area contributed by atoms with Gasteiger partial charge in [-0.25, -0.2) is 10.4 Å². The second-order valence-electron chi connectivity index (χ2n) is 9.32. The quantitative estimate of drug-likeness (QED) is 0.112. The predicted molar refractivity (Wildman–Crippen MR) is 140 cm³/mol. The van der Waals surface area contributed by atoms with Crippen LogP contribution in [0.15, 0.2) is 28.1 Å². The smallest absolute Gasteiger partial charge is 0.293 e. The van der Waals surface area contributed by atoms with Gasteiger partial charge >= 0.3 is 0 Å². The van der Waals surface area contributed by atoms with Crippen molar-refractivity contribution in [2.75, 3.05) is 55.9 Å². The molecule has 2 saturated heterocycles. The molecule has 2 fully saturated rings. The third-order valence-electron chi connectivity index (χ3n) is 6.76. The molecule has 5 rings (SSSR count). The summed E-state index contributed by atoms with van der Waals surface area (Å²) in [6.45, 7) is 2.36. The minimum absolute atomic E-state index is 0.0593. The first kappa shape index (κ1) is 26.4. The van der Waals surface area contributed by atoms with Crippen LogP contribution < -0.4 is 21.6 Å². The maximum atomic E-state index is 12.4. The van der Waals surface area contributed by atoms with Gasteiger partial charge in [-0.2, -0.15) is 10.1 Å². The molecule has 208 valence electrons. The summed E-state index contributed by atoms with van der Waals surface area (Å²) in [6, 6.07) is 4.76. The highest BCUT2D eigenvalue weighted by Crippen LogP contribution is 2.34. The van der Waals surface area contributed by atoms with Crippen LogP contribution in [0.25, 0.3) is 11.2 Å². The number of piperazine rings is 1. The van der Waals surface area contributed by atoms with Crippen molar-refractivity contribution in [1.82, 2.24) is 24.4 Å². The second kappa shape index (κ2) is 10.5. The highest BCUT2D eigenvalue weighted by Gasteiger charge is 2.45. The lowest BCUT2D eigenvalue weighted by molar-refractivity contribution is -0.384. The van der Waals surface area contributed by atoms with Gasteiger partial charge in [0.25, 0.3) is 11.2 Å². The van der Waals surface area contributed by atoms with Crippen LogP contribution in [0.5, 0.6) is 0 Å². The van der Waals surface area contributed by atoms with E-state index in [2.05, 4.69) is 30.4 Å². The average molecular weight is 545 g/mol. The number of nitrogens with two attached hydrogens (primary N) is 1. The molecule has 7 N–H and O–H groups in total. The lowest BCUT2D eigenvalue weighted by atomic mass is 10.1. The fraction of sp³-hybridized carbons (Fsp3) is 0.455. The normalized spacial score (nSPS) is 24.2. The van der Waals surface area contributed by atoms with Crippen LogP contribution in [0.1, 0.15) is 11.8 Å². The first-order chi connectivity index (χ1) is 18.7. The molecule has 0 amide bonds. The maximum absolute atomic E-state index is 12.4. The Bertz CT molecular complexity index is 1470. The summed E-state index contributed by atoms with van der Waals surface area (Å²) >= 11 is 0. The first-order valence-corrected chi connectivity index (χ1v) is 12.1. The number of anilines is 3.